The molecule has 2 amide bonds. The summed E-state index contributed by atoms with van der Waals surface area (Å²) in [6.07, 6.45) is 2.21. The Hall–Kier alpha value is -3.49. The summed E-state index contributed by atoms with van der Waals surface area (Å²) in [7, 11) is 0. The van der Waals surface area contributed by atoms with Gasteiger partial charge in [-0.1, -0.05) is 25.1 Å². The van der Waals surface area contributed by atoms with E-state index < -0.39 is 11.3 Å². The number of likely N-dealkylation sites (tertiary alicyclic amines) is 1. The maximum absolute atomic E-state index is 12.8. The van der Waals surface area contributed by atoms with Crippen LogP contribution in [0.5, 0.6) is 5.75 Å². The number of nitrogens with one attached hydrogen (secondary N) is 2. The van der Waals surface area contributed by atoms with Gasteiger partial charge in [-0.3, -0.25) is 19.8 Å². The first kappa shape index (κ1) is 25.6. The molecule has 3 aromatic rings. The van der Waals surface area contributed by atoms with Crippen molar-refractivity contribution >= 4 is 22.7 Å². The van der Waals surface area contributed by atoms with E-state index in [0.717, 1.165) is 48.2 Å². The van der Waals surface area contributed by atoms with Gasteiger partial charge in [-0.05, 0) is 82.2 Å². The van der Waals surface area contributed by atoms with E-state index in [9.17, 15) is 14.8 Å². The molecule has 1 aromatic heterocycles. The second-order valence-electron chi connectivity index (χ2n) is 9.50. The lowest BCUT2D eigenvalue weighted by atomic mass is 9.77. The molecule has 0 radical (unpaired) electrons. The number of pyridine rings is 1. The molecule has 0 bridgehead atoms. The smallest absolute Gasteiger partial charge is 0.251 e. The molecule has 190 valence electrons. The van der Waals surface area contributed by atoms with E-state index in [-0.39, 0.29) is 12.5 Å². The summed E-state index contributed by atoms with van der Waals surface area (Å²) in [5.41, 5.74) is 4.40. The molecule has 3 N–H and O–H groups in total. The lowest BCUT2D eigenvalue weighted by molar-refractivity contribution is -0.142. The van der Waals surface area contributed by atoms with E-state index >= 15 is 0 Å². The lowest BCUT2D eigenvalue weighted by Gasteiger charge is -2.40. The Balaban J connectivity index is 1.36. The van der Waals surface area contributed by atoms with Crippen LogP contribution >= 0.6 is 0 Å². The zero-order valence-corrected chi connectivity index (χ0v) is 20.9. The first-order chi connectivity index (χ1) is 17.4. The number of rotatable bonds is 9. The van der Waals surface area contributed by atoms with Gasteiger partial charge in [0.05, 0.1) is 10.9 Å². The molecule has 1 aliphatic rings. The van der Waals surface area contributed by atoms with E-state index in [1.807, 2.05) is 37.3 Å². The second kappa shape index (κ2) is 11.5. The number of fused-ring (bicyclic) bond motifs is 1. The zero-order valence-electron chi connectivity index (χ0n) is 20.9. The number of carbonyl (C=O) groups excluding carboxylic acids is 2. The first-order valence-electron chi connectivity index (χ1n) is 12.5. The van der Waals surface area contributed by atoms with E-state index in [1.165, 1.54) is 0 Å². The fourth-order valence-corrected chi connectivity index (χ4v) is 4.85. The molecule has 8 nitrogen and oxygen atoms in total. The predicted molar refractivity (Wildman–Crippen MR) is 138 cm³/mol. The van der Waals surface area contributed by atoms with Gasteiger partial charge in [0.15, 0.2) is 0 Å². The molecule has 36 heavy (non-hydrogen) atoms. The number of amides is 2. The van der Waals surface area contributed by atoms with Crippen molar-refractivity contribution in [2.75, 3.05) is 26.2 Å². The van der Waals surface area contributed by atoms with Crippen molar-refractivity contribution in [2.24, 2.45) is 5.41 Å². The number of aryl methyl sites for hydroxylation is 1. The Labute approximate surface area is 211 Å². The van der Waals surface area contributed by atoms with Crippen LogP contribution in [0.15, 0.2) is 54.6 Å². The van der Waals surface area contributed by atoms with E-state index in [4.69, 9.17) is 4.74 Å². The van der Waals surface area contributed by atoms with Crippen LogP contribution in [0.4, 0.5) is 0 Å². The standard InChI is InChI=1S/C28H34N4O4/c1-3-14-32-15-12-28(13-16-32,27(34)31-35)19-29-26(33)21-8-10-23(11-9-21)36-18-22-17-20(2)30-25-7-5-4-6-24(22)25/h4-11,17,35H,3,12-16,18-19H2,1-2H3,(H,29,33)(H,31,34). The molecule has 0 atom stereocenters. The van der Waals surface area contributed by atoms with Gasteiger partial charge in [0, 0.05) is 28.8 Å². The van der Waals surface area contributed by atoms with Crippen molar-refractivity contribution < 1.29 is 19.5 Å². The highest BCUT2D eigenvalue weighted by Crippen LogP contribution is 2.31. The summed E-state index contributed by atoms with van der Waals surface area (Å²) in [5.74, 6) is -0.0514. The predicted octanol–water partition coefficient (Wildman–Crippen LogP) is 3.85. The fourth-order valence-electron chi connectivity index (χ4n) is 4.85. The van der Waals surface area contributed by atoms with Gasteiger partial charge < -0.3 is 15.0 Å². The average molecular weight is 491 g/mol. The van der Waals surface area contributed by atoms with E-state index in [0.29, 0.717) is 30.8 Å². The quantitative estimate of drug-likeness (QED) is 0.311. The number of hydrogen-bond acceptors (Lipinski definition) is 6. The molecular weight excluding hydrogens is 456 g/mol. The highest BCUT2D eigenvalue weighted by molar-refractivity contribution is 5.95. The number of hydroxylamine groups is 1. The lowest BCUT2D eigenvalue weighted by Crippen LogP contribution is -2.53. The highest BCUT2D eigenvalue weighted by Gasteiger charge is 2.41. The average Bonchev–Trinajstić information content (AvgIpc) is 2.91. The Morgan fingerprint density at radius 2 is 1.83 bits per heavy atom. The van der Waals surface area contributed by atoms with E-state index in [2.05, 4.69) is 22.1 Å². The summed E-state index contributed by atoms with van der Waals surface area (Å²) in [6.45, 7) is 7.15. The van der Waals surface area contributed by atoms with Crippen molar-refractivity contribution in [1.82, 2.24) is 20.7 Å². The van der Waals surface area contributed by atoms with Crippen molar-refractivity contribution in [3.8, 4) is 5.75 Å². The maximum atomic E-state index is 12.8. The van der Waals surface area contributed by atoms with Crippen molar-refractivity contribution in [3.63, 3.8) is 0 Å². The van der Waals surface area contributed by atoms with Crippen LogP contribution < -0.4 is 15.5 Å². The third-order valence-corrected chi connectivity index (χ3v) is 6.96. The molecule has 0 aliphatic carbocycles. The van der Waals surface area contributed by atoms with Crippen LogP contribution in [0, 0.1) is 12.3 Å². The van der Waals surface area contributed by atoms with Gasteiger partial charge in [0.2, 0.25) is 0 Å². The molecule has 0 spiro atoms. The first-order valence-corrected chi connectivity index (χ1v) is 12.5. The molecule has 1 saturated heterocycles. The Morgan fingerprint density at radius 1 is 1.11 bits per heavy atom. The third kappa shape index (κ3) is 5.83. The number of hydrogen-bond donors (Lipinski definition) is 3. The maximum Gasteiger partial charge on any atom is 0.251 e. The number of ether oxygens (including phenoxy) is 1. The van der Waals surface area contributed by atoms with E-state index in [1.54, 1.807) is 29.7 Å². The van der Waals surface area contributed by atoms with Gasteiger partial charge in [0.25, 0.3) is 11.8 Å². The Kier molecular flexibility index (Phi) is 8.18. The third-order valence-electron chi connectivity index (χ3n) is 6.96. The van der Waals surface area contributed by atoms with Crippen LogP contribution in [0.3, 0.4) is 0 Å². The molecule has 0 saturated carbocycles. The summed E-state index contributed by atoms with van der Waals surface area (Å²) in [6, 6.07) is 17.0. The molecule has 1 aliphatic heterocycles. The van der Waals surface area contributed by atoms with Gasteiger partial charge in [-0.15, -0.1) is 0 Å². The molecule has 1 fully saturated rings. The Bertz CT molecular complexity index is 1200. The normalized spacial score (nSPS) is 15.4. The van der Waals surface area contributed by atoms with Crippen LogP contribution in [0.25, 0.3) is 10.9 Å². The number of para-hydroxylation sites is 1. The molecule has 2 aromatic carbocycles. The van der Waals surface area contributed by atoms with Crippen LogP contribution in [-0.4, -0.2) is 53.1 Å². The number of piperidine rings is 1. The highest BCUT2D eigenvalue weighted by atomic mass is 16.5. The fraction of sp³-hybridized carbons (Fsp3) is 0.393. The summed E-state index contributed by atoms with van der Waals surface area (Å²) in [5, 5.41) is 13.3. The van der Waals surface area contributed by atoms with Gasteiger partial charge in [0.1, 0.15) is 12.4 Å². The van der Waals surface area contributed by atoms with Gasteiger partial charge in [-0.2, -0.15) is 0 Å². The monoisotopic (exact) mass is 490 g/mol. The molecule has 0 unspecified atom stereocenters. The second-order valence-corrected chi connectivity index (χ2v) is 9.50. The van der Waals surface area contributed by atoms with Crippen molar-refractivity contribution in [1.29, 1.82) is 0 Å². The Morgan fingerprint density at radius 3 is 2.53 bits per heavy atom. The molecular formula is C28H34N4O4. The number of aromatic nitrogens is 1. The molecule has 2 heterocycles. The minimum atomic E-state index is -0.816. The zero-order chi connectivity index (χ0) is 25.5. The van der Waals surface area contributed by atoms with Crippen LogP contribution in [0.1, 0.15) is 47.8 Å². The van der Waals surface area contributed by atoms with Gasteiger partial charge in [-0.25, -0.2) is 5.48 Å². The van der Waals surface area contributed by atoms with Crippen LogP contribution in [0.2, 0.25) is 0 Å². The summed E-state index contributed by atoms with van der Waals surface area (Å²) < 4.78 is 5.99. The number of carbonyl (C=O) groups is 2. The van der Waals surface area contributed by atoms with Crippen LogP contribution in [-0.2, 0) is 11.4 Å². The molecule has 8 heteroatoms. The largest absolute Gasteiger partial charge is 0.489 e. The van der Waals surface area contributed by atoms with Crippen molar-refractivity contribution in [2.45, 2.75) is 39.7 Å². The minimum absolute atomic E-state index is 0.172. The van der Waals surface area contributed by atoms with Crippen molar-refractivity contribution in [3.05, 3.63) is 71.4 Å². The topological polar surface area (TPSA) is 104 Å². The minimum Gasteiger partial charge on any atom is -0.489 e. The number of benzene rings is 2. The SMILES string of the molecule is CCCN1CCC(CNC(=O)c2ccc(OCc3cc(C)nc4ccccc34)cc2)(C(=O)NO)CC1. The summed E-state index contributed by atoms with van der Waals surface area (Å²) in [4.78, 5) is 32.2. The molecule has 4 rings (SSSR count). The number of nitrogens with zero attached hydrogens (tertiary/aromatic N) is 2. The summed E-state index contributed by atoms with van der Waals surface area (Å²) >= 11 is 0. The van der Waals surface area contributed by atoms with Gasteiger partial charge >= 0.3 is 0 Å².